The van der Waals surface area contributed by atoms with Crippen LogP contribution in [-0.2, 0) is 0 Å². The van der Waals surface area contributed by atoms with E-state index >= 15 is 0 Å². The van der Waals surface area contributed by atoms with Gasteiger partial charge in [-0.2, -0.15) is 4.98 Å². The molecule has 3 aromatic rings. The van der Waals surface area contributed by atoms with Crippen LogP contribution in [0.4, 0.5) is 24.5 Å². The highest BCUT2D eigenvalue weighted by molar-refractivity contribution is 5.72. The van der Waals surface area contributed by atoms with Crippen LogP contribution in [0.1, 0.15) is 12.8 Å². The highest BCUT2D eigenvalue weighted by Gasteiger charge is 2.33. The third kappa shape index (κ3) is 4.04. The van der Waals surface area contributed by atoms with Crippen LogP contribution in [0.2, 0.25) is 0 Å². The van der Waals surface area contributed by atoms with Crippen molar-refractivity contribution in [2.24, 2.45) is 0 Å². The zero-order chi connectivity index (χ0) is 21.3. The zero-order valence-corrected chi connectivity index (χ0v) is 15.5. The van der Waals surface area contributed by atoms with Crippen LogP contribution in [0.25, 0.3) is 22.8 Å². The normalized spacial score (nSPS) is 14.2. The number of ether oxygens (including phenoxy) is 1. The minimum atomic E-state index is -4.87. The molecule has 1 aliphatic heterocycles. The molecule has 0 bridgehead atoms. The second-order valence-electron chi connectivity index (χ2n) is 6.64. The number of hydrogen-bond acceptors (Lipinski definition) is 6. The summed E-state index contributed by atoms with van der Waals surface area (Å²) in [6.45, 7) is 1.53. The Hall–Kier alpha value is -3.63. The van der Waals surface area contributed by atoms with Gasteiger partial charge >= 0.3 is 12.0 Å². The molecule has 1 aromatic heterocycles. The molecule has 2 aromatic carbocycles. The molecule has 30 heavy (non-hydrogen) atoms. The first-order chi connectivity index (χ1) is 14.3. The molecular formula is C19H16F3N4O4+. The van der Waals surface area contributed by atoms with Gasteiger partial charge in [0.1, 0.15) is 11.4 Å². The predicted molar refractivity (Wildman–Crippen MR) is 98.4 cm³/mol. The van der Waals surface area contributed by atoms with Gasteiger partial charge in [0.05, 0.1) is 10.5 Å². The molecule has 0 atom stereocenters. The largest absolute Gasteiger partial charge is 0.573 e. The molecule has 156 valence electrons. The minimum absolute atomic E-state index is 0.00801. The number of alkyl halides is 3. The van der Waals surface area contributed by atoms with Gasteiger partial charge in [-0.05, 0) is 37.1 Å². The van der Waals surface area contributed by atoms with Crippen molar-refractivity contribution in [2.45, 2.75) is 19.2 Å². The summed E-state index contributed by atoms with van der Waals surface area (Å²) >= 11 is 0. The number of nitrogens with zero attached hydrogens (tertiary/aromatic N) is 4. The number of halogens is 3. The fourth-order valence-electron chi connectivity index (χ4n) is 3.35. The van der Waals surface area contributed by atoms with Crippen LogP contribution in [0.15, 0.2) is 47.0 Å². The first-order valence-electron chi connectivity index (χ1n) is 9.06. The summed E-state index contributed by atoms with van der Waals surface area (Å²) < 4.78 is 47.1. The Kier molecular flexibility index (Phi) is 5.02. The quantitative estimate of drug-likeness (QED) is 0.597. The van der Waals surface area contributed by atoms with Crippen LogP contribution < -0.4 is 9.64 Å². The van der Waals surface area contributed by atoms with Crippen LogP contribution >= 0.6 is 0 Å². The molecule has 0 amide bonds. The van der Waals surface area contributed by atoms with Crippen molar-refractivity contribution < 1.29 is 32.6 Å². The topological polar surface area (TPSA) is 91.7 Å². The second-order valence-corrected chi connectivity index (χ2v) is 6.64. The van der Waals surface area contributed by atoms with Crippen molar-refractivity contribution in [3.8, 4) is 28.6 Å². The first-order valence-corrected chi connectivity index (χ1v) is 9.06. The summed E-state index contributed by atoms with van der Waals surface area (Å²) in [5.41, 5.74) is 0.898. The summed E-state index contributed by atoms with van der Waals surface area (Å²) in [6, 6.07) is 10.1. The SMILES string of the molecule is O=[N+](O)c1cc(-c2nc(-c3ccccc3OC(F)(F)F)no2)ccc1N1CCCC1. The van der Waals surface area contributed by atoms with Crippen LogP contribution in [0.5, 0.6) is 5.75 Å². The average molecular weight is 421 g/mol. The maximum Gasteiger partial charge on any atom is 0.573 e. The Labute approximate surface area is 168 Å². The van der Waals surface area contributed by atoms with Gasteiger partial charge in [0.25, 0.3) is 10.8 Å². The molecule has 1 fully saturated rings. The highest BCUT2D eigenvalue weighted by atomic mass is 19.4. The van der Waals surface area contributed by atoms with Gasteiger partial charge in [-0.25, -0.2) is 5.21 Å². The van der Waals surface area contributed by atoms with Gasteiger partial charge in [0, 0.05) is 24.7 Å². The number of aromatic nitrogens is 2. The Balaban J connectivity index is 1.68. The van der Waals surface area contributed by atoms with Crippen molar-refractivity contribution in [3.63, 3.8) is 0 Å². The smallest absolute Gasteiger partial charge is 0.405 e. The minimum Gasteiger partial charge on any atom is -0.405 e. The third-order valence-corrected chi connectivity index (χ3v) is 4.65. The van der Waals surface area contributed by atoms with Crippen molar-refractivity contribution in [1.29, 1.82) is 0 Å². The lowest BCUT2D eigenvalue weighted by atomic mass is 10.1. The number of anilines is 1. The number of hydrogen-bond donors (Lipinski definition) is 1. The molecular weight excluding hydrogens is 405 g/mol. The van der Waals surface area contributed by atoms with E-state index in [1.165, 1.54) is 24.3 Å². The zero-order valence-electron chi connectivity index (χ0n) is 15.5. The fraction of sp³-hybridized carbons (Fsp3) is 0.263. The summed E-state index contributed by atoms with van der Waals surface area (Å²) in [6.07, 6.45) is -2.91. The van der Waals surface area contributed by atoms with Crippen molar-refractivity contribution in [1.82, 2.24) is 10.1 Å². The Morgan fingerprint density at radius 3 is 2.57 bits per heavy atom. The fourth-order valence-corrected chi connectivity index (χ4v) is 3.35. The predicted octanol–water partition coefficient (Wildman–Crippen LogP) is 4.70. The Morgan fingerprint density at radius 1 is 1.13 bits per heavy atom. The lowest BCUT2D eigenvalue weighted by molar-refractivity contribution is -0.729. The van der Waals surface area contributed by atoms with Gasteiger partial charge in [0.2, 0.25) is 5.82 Å². The molecule has 4 rings (SSSR count). The molecule has 8 nitrogen and oxygen atoms in total. The lowest BCUT2D eigenvalue weighted by Gasteiger charge is -2.16. The second kappa shape index (κ2) is 7.65. The standard InChI is InChI=1S/C19H16F3N4O4/c20-19(21,22)29-16-6-2-1-5-13(16)17-23-18(30-24-17)12-7-8-14(15(11-12)26(27)28)25-9-3-4-10-25/h1-2,5-8,11H,3-4,9-10H2,(H,27,28)/q+1. The van der Waals surface area contributed by atoms with Crippen LogP contribution in [0, 0.1) is 4.91 Å². The molecule has 0 saturated carbocycles. The maximum absolute atomic E-state index is 12.6. The van der Waals surface area contributed by atoms with Crippen molar-refractivity contribution in [3.05, 3.63) is 47.4 Å². The van der Waals surface area contributed by atoms with Crippen molar-refractivity contribution in [2.75, 3.05) is 18.0 Å². The van der Waals surface area contributed by atoms with E-state index in [1.54, 1.807) is 12.1 Å². The van der Waals surface area contributed by atoms with Gasteiger partial charge in [-0.15, -0.1) is 13.2 Å². The number of benzene rings is 2. The summed E-state index contributed by atoms with van der Waals surface area (Å²) in [4.78, 5) is 17.5. The monoisotopic (exact) mass is 421 g/mol. The molecule has 0 radical (unpaired) electrons. The van der Waals surface area contributed by atoms with Crippen LogP contribution in [0.3, 0.4) is 0 Å². The third-order valence-electron chi connectivity index (χ3n) is 4.65. The first kappa shape index (κ1) is 19.7. The molecule has 2 heterocycles. The van der Waals surface area contributed by atoms with E-state index in [9.17, 15) is 23.3 Å². The molecule has 0 unspecified atom stereocenters. The Bertz CT molecular complexity index is 1080. The molecule has 1 saturated heterocycles. The Morgan fingerprint density at radius 2 is 1.87 bits per heavy atom. The maximum atomic E-state index is 12.6. The number of rotatable bonds is 5. The van der Waals surface area contributed by atoms with Crippen molar-refractivity contribution >= 4 is 11.4 Å². The van der Waals surface area contributed by atoms with Gasteiger partial charge in [-0.1, -0.05) is 17.3 Å². The van der Waals surface area contributed by atoms with E-state index in [2.05, 4.69) is 14.9 Å². The van der Waals surface area contributed by atoms with Gasteiger partial charge in [-0.3, -0.25) is 0 Å². The molecule has 0 aliphatic carbocycles. The van der Waals surface area contributed by atoms with Gasteiger partial charge < -0.3 is 14.2 Å². The summed E-state index contributed by atoms with van der Waals surface area (Å²) in [5, 5.41) is 13.3. The van der Waals surface area contributed by atoms with Gasteiger partial charge in [0.15, 0.2) is 0 Å². The van der Waals surface area contributed by atoms with E-state index in [0.29, 0.717) is 11.3 Å². The van der Waals surface area contributed by atoms with E-state index in [-0.39, 0.29) is 27.9 Å². The number of para-hydroxylation sites is 1. The molecule has 1 aliphatic rings. The highest BCUT2D eigenvalue weighted by Crippen LogP contribution is 2.36. The van der Waals surface area contributed by atoms with E-state index in [4.69, 9.17) is 4.52 Å². The summed E-state index contributed by atoms with van der Waals surface area (Å²) in [7, 11) is 0. The summed E-state index contributed by atoms with van der Waals surface area (Å²) in [5.74, 6) is -0.607. The van der Waals surface area contributed by atoms with E-state index in [0.717, 1.165) is 32.0 Å². The molecule has 11 heteroatoms. The lowest BCUT2D eigenvalue weighted by Crippen LogP contribution is -2.19. The molecule has 0 spiro atoms. The van der Waals surface area contributed by atoms with Crippen LogP contribution in [-0.4, -0.2) is 39.7 Å². The van der Waals surface area contributed by atoms with E-state index < -0.39 is 12.1 Å². The average Bonchev–Trinajstić information content (AvgIpc) is 3.39. The molecule has 1 N–H and O–H groups in total. The van der Waals surface area contributed by atoms with E-state index in [1.807, 2.05) is 4.90 Å².